The quantitative estimate of drug-likeness (QED) is 0.653. The van der Waals surface area contributed by atoms with E-state index in [1.807, 2.05) is 25.1 Å². The number of nitrogens with zero attached hydrogens (tertiary/aromatic N) is 1. The van der Waals surface area contributed by atoms with Gasteiger partial charge in [-0.25, -0.2) is 0 Å². The maximum absolute atomic E-state index is 13.2. The molecule has 1 atom stereocenters. The van der Waals surface area contributed by atoms with Gasteiger partial charge in [-0.1, -0.05) is 48.5 Å². The van der Waals surface area contributed by atoms with Crippen LogP contribution in [0.5, 0.6) is 0 Å². The van der Waals surface area contributed by atoms with Gasteiger partial charge in [0.2, 0.25) is 0 Å². The number of aromatic nitrogens is 1. The lowest BCUT2D eigenvalue weighted by atomic mass is 9.88. The number of amides is 1. The van der Waals surface area contributed by atoms with E-state index in [1.54, 1.807) is 36.4 Å². The van der Waals surface area contributed by atoms with Gasteiger partial charge in [0, 0.05) is 11.6 Å². The van der Waals surface area contributed by atoms with Crippen LogP contribution in [0.15, 0.2) is 60.8 Å². The van der Waals surface area contributed by atoms with Crippen molar-refractivity contribution in [3.63, 3.8) is 0 Å². The van der Waals surface area contributed by atoms with Gasteiger partial charge < -0.3 is 5.32 Å². The molecule has 3 nitrogen and oxygen atoms in total. The van der Waals surface area contributed by atoms with Crippen LogP contribution in [0.2, 0.25) is 0 Å². The minimum atomic E-state index is -4.41. The minimum absolute atomic E-state index is 0.0687. The van der Waals surface area contributed by atoms with Crippen LogP contribution in [-0.2, 0) is 6.42 Å². The van der Waals surface area contributed by atoms with Crippen LogP contribution in [-0.4, -0.2) is 22.6 Å². The molecule has 1 amide bonds. The second-order valence-electron chi connectivity index (χ2n) is 7.34. The van der Waals surface area contributed by atoms with E-state index in [-0.39, 0.29) is 12.0 Å². The molecule has 0 spiro atoms. The van der Waals surface area contributed by atoms with Crippen molar-refractivity contribution in [3.05, 3.63) is 77.5 Å². The number of nitrogens with one attached hydrogen (secondary N) is 1. The molecule has 1 heterocycles. The molecule has 0 bridgehead atoms. The first-order valence-electron chi connectivity index (χ1n) is 8.94. The Morgan fingerprint density at radius 3 is 2.46 bits per heavy atom. The van der Waals surface area contributed by atoms with Crippen molar-refractivity contribution in [2.45, 2.75) is 38.4 Å². The zero-order valence-corrected chi connectivity index (χ0v) is 15.7. The molecular formula is C22H21F3N2O. The Morgan fingerprint density at radius 1 is 1.07 bits per heavy atom. The van der Waals surface area contributed by atoms with E-state index in [9.17, 15) is 18.0 Å². The molecule has 0 aliphatic heterocycles. The lowest BCUT2D eigenvalue weighted by molar-refractivity contribution is -0.147. The van der Waals surface area contributed by atoms with Crippen LogP contribution >= 0.6 is 0 Å². The van der Waals surface area contributed by atoms with Crippen LogP contribution in [0.4, 0.5) is 13.2 Å². The van der Waals surface area contributed by atoms with Crippen LogP contribution in [0.1, 0.15) is 34.8 Å². The Balaban J connectivity index is 1.88. The Morgan fingerprint density at radius 2 is 1.79 bits per heavy atom. The SMILES string of the molecule is Cc1cccc2cc(C(=O)N[C@](C)(Cc3ccccc3)CC(F)(F)F)cnc12. The van der Waals surface area contributed by atoms with Crippen LogP contribution in [0, 0.1) is 6.92 Å². The summed E-state index contributed by atoms with van der Waals surface area (Å²) in [5.74, 6) is -0.571. The number of hydrogen-bond donors (Lipinski definition) is 1. The number of fused-ring (bicyclic) bond motifs is 1. The minimum Gasteiger partial charge on any atom is -0.346 e. The number of halogens is 3. The molecule has 3 rings (SSSR count). The highest BCUT2D eigenvalue weighted by Gasteiger charge is 2.40. The molecule has 0 saturated heterocycles. The molecular weight excluding hydrogens is 365 g/mol. The predicted molar refractivity (Wildman–Crippen MR) is 103 cm³/mol. The highest BCUT2D eigenvalue weighted by atomic mass is 19.4. The van der Waals surface area contributed by atoms with Crippen LogP contribution < -0.4 is 5.32 Å². The lowest BCUT2D eigenvalue weighted by Gasteiger charge is -2.32. The first kappa shape index (κ1) is 19.9. The molecule has 0 radical (unpaired) electrons. The Kier molecular flexibility index (Phi) is 5.40. The van der Waals surface area contributed by atoms with Crippen molar-refractivity contribution in [1.29, 1.82) is 0 Å². The fourth-order valence-corrected chi connectivity index (χ4v) is 3.42. The van der Waals surface area contributed by atoms with E-state index in [1.165, 1.54) is 13.1 Å². The van der Waals surface area contributed by atoms with E-state index in [0.29, 0.717) is 0 Å². The Labute approximate surface area is 161 Å². The Hall–Kier alpha value is -2.89. The zero-order chi connectivity index (χ0) is 20.4. The fraction of sp³-hybridized carbons (Fsp3) is 0.273. The van der Waals surface area contributed by atoms with Crippen LogP contribution in [0.25, 0.3) is 10.9 Å². The second-order valence-corrected chi connectivity index (χ2v) is 7.34. The van der Waals surface area contributed by atoms with Gasteiger partial charge >= 0.3 is 6.18 Å². The molecule has 1 aromatic heterocycles. The van der Waals surface area contributed by atoms with Gasteiger partial charge in [0.1, 0.15) is 0 Å². The summed E-state index contributed by atoms with van der Waals surface area (Å²) in [6.07, 6.45) is -4.06. The van der Waals surface area contributed by atoms with Crippen molar-refractivity contribution in [2.75, 3.05) is 0 Å². The Bertz CT molecular complexity index is 986. The average Bonchev–Trinajstić information content (AvgIpc) is 2.60. The maximum Gasteiger partial charge on any atom is 0.391 e. The summed E-state index contributed by atoms with van der Waals surface area (Å²) >= 11 is 0. The van der Waals surface area contributed by atoms with Crippen molar-refractivity contribution in [2.24, 2.45) is 0 Å². The summed E-state index contributed by atoms with van der Waals surface area (Å²) < 4.78 is 39.6. The summed E-state index contributed by atoms with van der Waals surface area (Å²) in [6, 6.07) is 16.1. The van der Waals surface area contributed by atoms with E-state index >= 15 is 0 Å². The lowest BCUT2D eigenvalue weighted by Crippen LogP contribution is -2.50. The molecule has 0 aliphatic rings. The summed E-state index contributed by atoms with van der Waals surface area (Å²) in [6.45, 7) is 3.33. The molecule has 1 N–H and O–H groups in total. The smallest absolute Gasteiger partial charge is 0.346 e. The molecule has 0 unspecified atom stereocenters. The molecule has 0 saturated carbocycles. The number of carbonyl (C=O) groups is 1. The zero-order valence-electron chi connectivity index (χ0n) is 15.7. The molecule has 2 aromatic carbocycles. The highest BCUT2D eigenvalue weighted by molar-refractivity contribution is 5.98. The number of alkyl halides is 3. The molecule has 3 aromatic rings. The monoisotopic (exact) mass is 386 g/mol. The van der Waals surface area contributed by atoms with Gasteiger partial charge in [-0.05, 0) is 37.5 Å². The van der Waals surface area contributed by atoms with Gasteiger partial charge in [0.05, 0.1) is 23.0 Å². The molecule has 0 aliphatic carbocycles. The van der Waals surface area contributed by atoms with Gasteiger partial charge in [-0.3, -0.25) is 9.78 Å². The maximum atomic E-state index is 13.2. The topological polar surface area (TPSA) is 42.0 Å². The third-order valence-corrected chi connectivity index (χ3v) is 4.62. The van der Waals surface area contributed by atoms with Crippen LogP contribution in [0.3, 0.4) is 0 Å². The standard InChI is InChI=1S/C22H21F3N2O/c1-15-7-6-10-17-11-18(13-26-19(15)17)20(28)27-21(2,14-22(23,24)25)12-16-8-4-3-5-9-16/h3-11,13H,12,14H2,1-2H3,(H,27,28)/t21-/m1/s1. The predicted octanol–water partition coefficient (Wildman–Crippen LogP) is 5.23. The largest absolute Gasteiger partial charge is 0.391 e. The summed E-state index contributed by atoms with van der Waals surface area (Å²) in [7, 11) is 0. The fourth-order valence-electron chi connectivity index (χ4n) is 3.42. The van der Waals surface area contributed by atoms with Crippen molar-refractivity contribution in [1.82, 2.24) is 10.3 Å². The van der Waals surface area contributed by atoms with Gasteiger partial charge in [-0.2, -0.15) is 13.2 Å². The average molecular weight is 386 g/mol. The van der Waals surface area contributed by atoms with E-state index in [4.69, 9.17) is 0 Å². The second kappa shape index (κ2) is 7.62. The number of para-hydroxylation sites is 1. The summed E-state index contributed by atoms with van der Waals surface area (Å²) in [4.78, 5) is 17.1. The summed E-state index contributed by atoms with van der Waals surface area (Å²) in [5, 5.41) is 3.37. The van der Waals surface area contributed by atoms with E-state index < -0.39 is 24.0 Å². The van der Waals surface area contributed by atoms with E-state index in [2.05, 4.69) is 10.3 Å². The highest BCUT2D eigenvalue weighted by Crippen LogP contribution is 2.30. The third-order valence-electron chi connectivity index (χ3n) is 4.62. The number of benzene rings is 2. The van der Waals surface area contributed by atoms with Gasteiger partial charge in [-0.15, -0.1) is 0 Å². The van der Waals surface area contributed by atoms with E-state index in [0.717, 1.165) is 22.0 Å². The van der Waals surface area contributed by atoms with Gasteiger partial charge in [0.15, 0.2) is 0 Å². The molecule has 0 fully saturated rings. The molecule has 146 valence electrons. The van der Waals surface area contributed by atoms with Gasteiger partial charge in [0.25, 0.3) is 5.91 Å². The normalized spacial score (nSPS) is 13.9. The number of pyridine rings is 1. The summed E-state index contributed by atoms with van der Waals surface area (Å²) in [5.41, 5.74) is 1.22. The van der Waals surface area contributed by atoms with Crippen molar-refractivity contribution < 1.29 is 18.0 Å². The van der Waals surface area contributed by atoms with Crippen molar-refractivity contribution in [3.8, 4) is 0 Å². The number of carbonyl (C=O) groups excluding carboxylic acids is 1. The van der Waals surface area contributed by atoms with Crippen molar-refractivity contribution >= 4 is 16.8 Å². The number of hydrogen-bond acceptors (Lipinski definition) is 2. The molecule has 6 heteroatoms. The third kappa shape index (κ3) is 4.88. The number of rotatable bonds is 5. The number of aryl methyl sites for hydroxylation is 1. The first-order chi connectivity index (χ1) is 13.2. The molecule has 28 heavy (non-hydrogen) atoms. The first-order valence-corrected chi connectivity index (χ1v) is 8.94.